The van der Waals surface area contributed by atoms with Gasteiger partial charge in [0.1, 0.15) is 11.5 Å². The van der Waals surface area contributed by atoms with Crippen molar-refractivity contribution in [2.24, 2.45) is 0 Å². The number of aromatic nitrogens is 2. The van der Waals surface area contributed by atoms with Gasteiger partial charge < -0.3 is 14.7 Å². The van der Waals surface area contributed by atoms with Crippen molar-refractivity contribution in [3.63, 3.8) is 0 Å². The van der Waals surface area contributed by atoms with Crippen LogP contribution in [-0.2, 0) is 13.0 Å². The van der Waals surface area contributed by atoms with Crippen LogP contribution in [0.15, 0.2) is 53.2 Å². The van der Waals surface area contributed by atoms with Crippen molar-refractivity contribution in [2.45, 2.75) is 19.9 Å². The Balaban J connectivity index is 1.46. The Morgan fingerprint density at radius 2 is 2.04 bits per heavy atom. The number of aryl methyl sites for hydroxylation is 1. The van der Waals surface area contributed by atoms with E-state index in [1.54, 1.807) is 18.3 Å². The molecule has 0 unspecified atom stereocenters. The van der Waals surface area contributed by atoms with E-state index in [0.717, 1.165) is 24.4 Å². The normalized spacial score (nSPS) is 13.4. The molecule has 1 aromatic carbocycles. The molecule has 4 rings (SSSR count). The predicted molar refractivity (Wildman–Crippen MR) is 93.6 cm³/mol. The lowest BCUT2D eigenvalue weighted by molar-refractivity contribution is 0.0729. The predicted octanol–water partition coefficient (Wildman–Crippen LogP) is 3.32. The summed E-state index contributed by atoms with van der Waals surface area (Å²) in [5.41, 5.74) is 3.74. The molecule has 25 heavy (non-hydrogen) atoms. The molecule has 6 heteroatoms. The molecule has 0 aliphatic carbocycles. The summed E-state index contributed by atoms with van der Waals surface area (Å²) in [6.07, 6.45) is 2.52. The maximum absolute atomic E-state index is 12.7. The van der Waals surface area contributed by atoms with E-state index in [2.05, 4.69) is 27.6 Å². The largest absolute Gasteiger partial charge is 0.360 e. The number of anilines is 2. The van der Waals surface area contributed by atoms with Crippen LogP contribution in [0.5, 0.6) is 0 Å². The Labute approximate surface area is 145 Å². The molecule has 3 heterocycles. The lowest BCUT2D eigenvalue weighted by atomic mass is 10.00. The second-order valence-electron chi connectivity index (χ2n) is 6.13. The molecule has 0 atom stereocenters. The zero-order chi connectivity index (χ0) is 17.2. The summed E-state index contributed by atoms with van der Waals surface area (Å²) in [6, 6.07) is 13.6. The Morgan fingerprint density at radius 1 is 1.20 bits per heavy atom. The standard InChI is InChI=1S/C19H18N4O2/c1-13-10-18(22-25-13)21-16-6-7-17(20-11-16)19(24)23-9-8-14-4-2-3-5-15(14)12-23/h2-7,10-11H,8-9,12H2,1H3,(H,21,22). The van der Waals surface area contributed by atoms with Gasteiger partial charge in [-0.05, 0) is 36.6 Å². The van der Waals surface area contributed by atoms with Crippen molar-refractivity contribution in [1.29, 1.82) is 0 Å². The van der Waals surface area contributed by atoms with Gasteiger partial charge in [0.25, 0.3) is 5.91 Å². The van der Waals surface area contributed by atoms with Gasteiger partial charge in [0, 0.05) is 19.2 Å². The van der Waals surface area contributed by atoms with Crippen molar-refractivity contribution in [3.8, 4) is 0 Å². The van der Waals surface area contributed by atoms with Crippen LogP contribution in [0.4, 0.5) is 11.5 Å². The van der Waals surface area contributed by atoms with Crippen LogP contribution in [0.3, 0.4) is 0 Å². The van der Waals surface area contributed by atoms with Crippen LogP contribution in [-0.4, -0.2) is 27.5 Å². The second-order valence-corrected chi connectivity index (χ2v) is 6.13. The van der Waals surface area contributed by atoms with Gasteiger partial charge in [-0.1, -0.05) is 29.4 Å². The number of benzene rings is 1. The van der Waals surface area contributed by atoms with Crippen LogP contribution >= 0.6 is 0 Å². The minimum Gasteiger partial charge on any atom is -0.360 e. The smallest absolute Gasteiger partial charge is 0.272 e. The number of carbonyl (C=O) groups is 1. The molecule has 6 nitrogen and oxygen atoms in total. The third-order valence-corrected chi connectivity index (χ3v) is 4.30. The van der Waals surface area contributed by atoms with Gasteiger partial charge in [-0.15, -0.1) is 0 Å². The maximum atomic E-state index is 12.7. The van der Waals surface area contributed by atoms with Gasteiger partial charge in [0.05, 0.1) is 11.9 Å². The first-order valence-electron chi connectivity index (χ1n) is 8.21. The molecule has 0 radical (unpaired) electrons. The fourth-order valence-corrected chi connectivity index (χ4v) is 3.00. The zero-order valence-corrected chi connectivity index (χ0v) is 13.9. The summed E-state index contributed by atoms with van der Waals surface area (Å²) in [5.74, 6) is 1.30. The molecule has 3 aromatic rings. The first-order chi connectivity index (χ1) is 12.2. The molecule has 2 aromatic heterocycles. The number of amides is 1. The van der Waals surface area contributed by atoms with E-state index in [4.69, 9.17) is 4.52 Å². The molecule has 0 fully saturated rings. The third-order valence-electron chi connectivity index (χ3n) is 4.30. The number of nitrogens with one attached hydrogen (secondary N) is 1. The number of fused-ring (bicyclic) bond motifs is 1. The van der Waals surface area contributed by atoms with E-state index in [1.807, 2.05) is 30.0 Å². The fraction of sp³-hybridized carbons (Fsp3) is 0.211. The number of rotatable bonds is 3. The Morgan fingerprint density at radius 3 is 2.76 bits per heavy atom. The van der Waals surface area contributed by atoms with E-state index in [9.17, 15) is 4.79 Å². The highest BCUT2D eigenvalue weighted by Crippen LogP contribution is 2.21. The number of nitrogens with zero attached hydrogens (tertiary/aromatic N) is 3. The zero-order valence-electron chi connectivity index (χ0n) is 13.9. The Kier molecular flexibility index (Phi) is 3.93. The van der Waals surface area contributed by atoms with Gasteiger partial charge in [-0.2, -0.15) is 0 Å². The van der Waals surface area contributed by atoms with E-state index >= 15 is 0 Å². The van der Waals surface area contributed by atoms with Gasteiger partial charge in [0.2, 0.25) is 0 Å². The first-order valence-corrected chi connectivity index (χ1v) is 8.21. The van der Waals surface area contributed by atoms with Gasteiger partial charge in [-0.25, -0.2) is 4.98 Å². The van der Waals surface area contributed by atoms with E-state index in [0.29, 0.717) is 18.1 Å². The Hall–Kier alpha value is -3.15. The van der Waals surface area contributed by atoms with E-state index < -0.39 is 0 Å². The molecule has 1 aliphatic heterocycles. The molecule has 1 aliphatic rings. The monoisotopic (exact) mass is 334 g/mol. The highest BCUT2D eigenvalue weighted by atomic mass is 16.5. The SMILES string of the molecule is Cc1cc(Nc2ccc(C(=O)N3CCc4ccccc4C3)nc2)no1. The molecular formula is C19H18N4O2. The summed E-state index contributed by atoms with van der Waals surface area (Å²) in [7, 11) is 0. The van der Waals surface area contributed by atoms with Crippen LogP contribution in [0.2, 0.25) is 0 Å². The molecule has 1 N–H and O–H groups in total. The van der Waals surface area contributed by atoms with Crippen molar-refractivity contribution in [1.82, 2.24) is 15.0 Å². The van der Waals surface area contributed by atoms with Gasteiger partial charge >= 0.3 is 0 Å². The molecule has 0 saturated heterocycles. The van der Waals surface area contributed by atoms with E-state index in [1.165, 1.54) is 11.1 Å². The van der Waals surface area contributed by atoms with Crippen LogP contribution < -0.4 is 5.32 Å². The van der Waals surface area contributed by atoms with E-state index in [-0.39, 0.29) is 5.91 Å². The maximum Gasteiger partial charge on any atom is 0.272 e. The highest BCUT2D eigenvalue weighted by Gasteiger charge is 2.22. The fourth-order valence-electron chi connectivity index (χ4n) is 3.00. The topological polar surface area (TPSA) is 71.3 Å². The minimum absolute atomic E-state index is 0.0432. The lowest BCUT2D eigenvalue weighted by Crippen LogP contribution is -2.36. The third kappa shape index (κ3) is 3.24. The van der Waals surface area contributed by atoms with Crippen molar-refractivity contribution >= 4 is 17.4 Å². The average Bonchev–Trinajstić information content (AvgIpc) is 3.06. The van der Waals surface area contributed by atoms with Crippen LogP contribution in [0.1, 0.15) is 27.4 Å². The number of hydrogen-bond acceptors (Lipinski definition) is 5. The second kappa shape index (κ2) is 6.39. The summed E-state index contributed by atoms with van der Waals surface area (Å²) in [4.78, 5) is 18.8. The molecule has 0 saturated carbocycles. The quantitative estimate of drug-likeness (QED) is 0.795. The lowest BCUT2D eigenvalue weighted by Gasteiger charge is -2.28. The molecule has 1 amide bonds. The van der Waals surface area contributed by atoms with Crippen molar-refractivity contribution < 1.29 is 9.32 Å². The first kappa shape index (κ1) is 15.4. The highest BCUT2D eigenvalue weighted by molar-refractivity contribution is 5.92. The summed E-state index contributed by atoms with van der Waals surface area (Å²) < 4.78 is 5.01. The van der Waals surface area contributed by atoms with Crippen LogP contribution in [0.25, 0.3) is 0 Å². The summed E-state index contributed by atoms with van der Waals surface area (Å²) >= 11 is 0. The van der Waals surface area contributed by atoms with Crippen LogP contribution in [0, 0.1) is 6.92 Å². The number of pyridine rings is 1. The Bertz CT molecular complexity index is 902. The number of hydrogen-bond donors (Lipinski definition) is 1. The molecule has 0 spiro atoms. The average molecular weight is 334 g/mol. The summed E-state index contributed by atoms with van der Waals surface area (Å²) in [5, 5.41) is 6.97. The van der Waals surface area contributed by atoms with Crippen molar-refractivity contribution in [2.75, 3.05) is 11.9 Å². The summed E-state index contributed by atoms with van der Waals surface area (Å²) in [6.45, 7) is 3.18. The molecule has 126 valence electrons. The van der Waals surface area contributed by atoms with Crippen molar-refractivity contribution in [3.05, 3.63) is 71.2 Å². The minimum atomic E-state index is -0.0432. The molecule has 0 bridgehead atoms. The van der Waals surface area contributed by atoms with Gasteiger partial charge in [-0.3, -0.25) is 4.79 Å². The molecular weight excluding hydrogens is 316 g/mol. The number of carbonyl (C=O) groups excluding carboxylic acids is 1. The van der Waals surface area contributed by atoms with Gasteiger partial charge in [0.15, 0.2) is 5.82 Å².